The van der Waals surface area contributed by atoms with Gasteiger partial charge < -0.3 is 0 Å². The van der Waals surface area contributed by atoms with E-state index in [1.807, 2.05) is 0 Å². The Kier molecular flexibility index (Phi) is 6.03. The van der Waals surface area contributed by atoms with Gasteiger partial charge in [-0.1, -0.05) is 60.3 Å². The molecule has 0 N–H and O–H groups in total. The Labute approximate surface area is 110 Å². The zero-order valence-electron chi connectivity index (χ0n) is 12.9. The van der Waals surface area contributed by atoms with Gasteiger partial charge in [-0.15, -0.1) is 0 Å². The lowest BCUT2D eigenvalue weighted by atomic mass is 9.45. The highest BCUT2D eigenvalue weighted by atomic mass is 14.6. The zero-order chi connectivity index (χ0) is 12.9. The molecule has 0 amide bonds. The number of hydrogen-bond acceptors (Lipinski definition) is 0. The van der Waals surface area contributed by atoms with Crippen molar-refractivity contribution in [1.29, 1.82) is 0 Å². The Bertz CT molecular complexity index is 190. The molecule has 1 rings (SSSR count). The van der Waals surface area contributed by atoms with E-state index in [0.717, 1.165) is 17.8 Å². The number of hydrogen-bond donors (Lipinski definition) is 0. The van der Waals surface area contributed by atoms with Crippen molar-refractivity contribution >= 4 is 0 Å². The molecule has 0 saturated heterocycles. The molecule has 2 atom stereocenters. The smallest absolute Gasteiger partial charge is 0.0220 e. The molecule has 102 valence electrons. The monoisotopic (exact) mass is 238 g/mol. The Balaban J connectivity index is 2.64. The maximum atomic E-state index is 2.47. The van der Waals surface area contributed by atoms with Gasteiger partial charge in [0.15, 0.2) is 0 Å². The van der Waals surface area contributed by atoms with Gasteiger partial charge >= 0.3 is 0 Å². The third-order valence-electron chi connectivity index (χ3n) is 5.59. The van der Waals surface area contributed by atoms with Gasteiger partial charge in [0, 0.05) is 0 Å². The normalized spacial score (nSPS) is 32.8. The van der Waals surface area contributed by atoms with E-state index in [2.05, 4.69) is 34.6 Å². The standard InChI is InChI=1S/C17H34/c1-6-9-11-15-13-16(12-10-7-2)17(15,8-3)14(4)5/h14-16H,6-13H2,1-5H3. The lowest BCUT2D eigenvalue weighted by Crippen LogP contribution is -2.52. The van der Waals surface area contributed by atoms with Crippen LogP contribution >= 0.6 is 0 Å². The summed E-state index contributed by atoms with van der Waals surface area (Å²) in [6.07, 6.45) is 11.6. The molecule has 1 saturated carbocycles. The van der Waals surface area contributed by atoms with Crippen molar-refractivity contribution in [2.75, 3.05) is 0 Å². The molecule has 0 aliphatic heterocycles. The highest BCUT2D eigenvalue weighted by Crippen LogP contribution is 2.61. The molecule has 0 heteroatoms. The molecule has 1 fully saturated rings. The Morgan fingerprint density at radius 2 is 1.41 bits per heavy atom. The van der Waals surface area contributed by atoms with Crippen LogP contribution in [0.15, 0.2) is 0 Å². The fourth-order valence-corrected chi connectivity index (χ4v) is 4.56. The lowest BCUT2D eigenvalue weighted by molar-refractivity contribution is -0.106. The van der Waals surface area contributed by atoms with Crippen molar-refractivity contribution in [3.63, 3.8) is 0 Å². The molecule has 0 aromatic carbocycles. The van der Waals surface area contributed by atoms with Crippen LogP contribution in [0.4, 0.5) is 0 Å². The van der Waals surface area contributed by atoms with Crippen LogP contribution in [0.3, 0.4) is 0 Å². The van der Waals surface area contributed by atoms with Crippen LogP contribution in [-0.2, 0) is 0 Å². The first-order chi connectivity index (χ1) is 8.13. The minimum atomic E-state index is 0.699. The maximum absolute atomic E-state index is 2.47. The number of rotatable bonds is 8. The van der Waals surface area contributed by atoms with Crippen LogP contribution in [0.2, 0.25) is 0 Å². The average Bonchev–Trinajstić information content (AvgIpc) is 2.28. The van der Waals surface area contributed by atoms with Crippen LogP contribution in [0, 0.1) is 23.2 Å². The largest absolute Gasteiger partial charge is 0.0654 e. The van der Waals surface area contributed by atoms with E-state index in [1.54, 1.807) is 0 Å². The molecular weight excluding hydrogens is 204 g/mol. The van der Waals surface area contributed by atoms with E-state index in [0.29, 0.717) is 5.41 Å². The van der Waals surface area contributed by atoms with Crippen LogP contribution in [0.25, 0.3) is 0 Å². The summed E-state index contributed by atoms with van der Waals surface area (Å²) in [5, 5.41) is 0. The predicted molar refractivity (Wildman–Crippen MR) is 78.2 cm³/mol. The molecule has 0 heterocycles. The van der Waals surface area contributed by atoms with E-state index in [4.69, 9.17) is 0 Å². The van der Waals surface area contributed by atoms with Gasteiger partial charge in [-0.25, -0.2) is 0 Å². The first kappa shape index (κ1) is 15.1. The van der Waals surface area contributed by atoms with Gasteiger partial charge in [0.2, 0.25) is 0 Å². The lowest BCUT2D eigenvalue weighted by Gasteiger charge is -2.60. The first-order valence-corrected chi connectivity index (χ1v) is 8.13. The van der Waals surface area contributed by atoms with E-state index in [1.165, 1.54) is 51.4 Å². The van der Waals surface area contributed by atoms with E-state index < -0.39 is 0 Å². The summed E-state index contributed by atoms with van der Waals surface area (Å²) in [7, 11) is 0. The third-order valence-corrected chi connectivity index (χ3v) is 5.59. The summed E-state index contributed by atoms with van der Waals surface area (Å²) in [5.74, 6) is 2.95. The zero-order valence-corrected chi connectivity index (χ0v) is 12.9. The van der Waals surface area contributed by atoms with Gasteiger partial charge in [0.05, 0.1) is 0 Å². The molecule has 2 unspecified atom stereocenters. The quantitative estimate of drug-likeness (QED) is 0.482. The van der Waals surface area contributed by atoms with E-state index in [9.17, 15) is 0 Å². The summed E-state index contributed by atoms with van der Waals surface area (Å²) in [6, 6.07) is 0. The molecule has 0 spiro atoms. The van der Waals surface area contributed by atoms with Crippen molar-refractivity contribution in [3.8, 4) is 0 Å². The van der Waals surface area contributed by atoms with Crippen molar-refractivity contribution in [2.24, 2.45) is 23.2 Å². The molecule has 0 radical (unpaired) electrons. The second kappa shape index (κ2) is 6.81. The Morgan fingerprint density at radius 1 is 0.941 bits per heavy atom. The van der Waals surface area contributed by atoms with Crippen molar-refractivity contribution in [3.05, 3.63) is 0 Å². The van der Waals surface area contributed by atoms with Crippen LogP contribution < -0.4 is 0 Å². The summed E-state index contributed by atoms with van der Waals surface area (Å²) >= 11 is 0. The second-order valence-corrected chi connectivity index (χ2v) is 6.53. The SMILES string of the molecule is CCCCC1CC(CCCC)C1(CC)C(C)C. The second-order valence-electron chi connectivity index (χ2n) is 6.53. The van der Waals surface area contributed by atoms with E-state index in [-0.39, 0.29) is 0 Å². The fraction of sp³-hybridized carbons (Fsp3) is 1.00. The summed E-state index contributed by atoms with van der Waals surface area (Å²) < 4.78 is 0. The molecule has 0 aromatic heterocycles. The molecule has 1 aliphatic carbocycles. The highest BCUT2D eigenvalue weighted by molar-refractivity contribution is 5.02. The number of unbranched alkanes of at least 4 members (excludes halogenated alkanes) is 2. The van der Waals surface area contributed by atoms with Gasteiger partial charge in [-0.2, -0.15) is 0 Å². The first-order valence-electron chi connectivity index (χ1n) is 8.13. The minimum absolute atomic E-state index is 0.699. The Hall–Kier alpha value is 0. The summed E-state index contributed by atoms with van der Waals surface area (Å²) in [6.45, 7) is 12.0. The van der Waals surface area contributed by atoms with E-state index >= 15 is 0 Å². The molecule has 17 heavy (non-hydrogen) atoms. The van der Waals surface area contributed by atoms with Crippen LogP contribution in [0.1, 0.15) is 86.0 Å². The molecule has 0 aromatic rings. The Morgan fingerprint density at radius 3 is 1.71 bits per heavy atom. The molecule has 0 nitrogen and oxygen atoms in total. The minimum Gasteiger partial charge on any atom is -0.0654 e. The van der Waals surface area contributed by atoms with Gasteiger partial charge in [-0.3, -0.25) is 0 Å². The van der Waals surface area contributed by atoms with Crippen molar-refractivity contribution < 1.29 is 0 Å². The van der Waals surface area contributed by atoms with Crippen molar-refractivity contribution in [2.45, 2.75) is 86.0 Å². The van der Waals surface area contributed by atoms with Gasteiger partial charge in [0.25, 0.3) is 0 Å². The molecular formula is C17H34. The van der Waals surface area contributed by atoms with Crippen molar-refractivity contribution in [1.82, 2.24) is 0 Å². The maximum Gasteiger partial charge on any atom is -0.0220 e. The van der Waals surface area contributed by atoms with Crippen LogP contribution in [-0.4, -0.2) is 0 Å². The topological polar surface area (TPSA) is 0 Å². The summed E-state index contributed by atoms with van der Waals surface area (Å²) in [4.78, 5) is 0. The third kappa shape index (κ3) is 2.88. The average molecular weight is 238 g/mol. The van der Waals surface area contributed by atoms with Crippen LogP contribution in [0.5, 0.6) is 0 Å². The molecule has 1 aliphatic rings. The van der Waals surface area contributed by atoms with Gasteiger partial charge in [-0.05, 0) is 48.9 Å². The molecule has 0 bridgehead atoms. The van der Waals surface area contributed by atoms with Gasteiger partial charge in [0.1, 0.15) is 0 Å². The summed E-state index contributed by atoms with van der Waals surface area (Å²) in [5.41, 5.74) is 0.699. The fourth-order valence-electron chi connectivity index (χ4n) is 4.56. The highest BCUT2D eigenvalue weighted by Gasteiger charge is 2.53. The predicted octanol–water partition coefficient (Wildman–Crippen LogP) is 6.06.